The Kier molecular flexibility index (Phi) is 3.17. The number of aromatic nitrogens is 2. The predicted molar refractivity (Wildman–Crippen MR) is 70.7 cm³/mol. The van der Waals surface area contributed by atoms with Gasteiger partial charge in [0.25, 0.3) is 0 Å². The minimum atomic E-state index is -0.160. The molecular weight excluding hydrogens is 212 g/mol. The summed E-state index contributed by atoms with van der Waals surface area (Å²) >= 11 is 0. The Morgan fingerprint density at radius 2 is 2.18 bits per heavy atom. The Bertz CT molecular complexity index is 495. The first-order valence-electron chi connectivity index (χ1n) is 5.83. The maximum absolute atomic E-state index is 6.01. The molecule has 4 heteroatoms. The second-order valence-electron chi connectivity index (χ2n) is 5.41. The van der Waals surface area contributed by atoms with Gasteiger partial charge in [-0.25, -0.2) is 4.98 Å². The van der Waals surface area contributed by atoms with E-state index in [-0.39, 0.29) is 5.54 Å². The summed E-state index contributed by atoms with van der Waals surface area (Å²) in [6.07, 6.45) is 1.72. The summed E-state index contributed by atoms with van der Waals surface area (Å²) in [5.74, 6) is 0. The van der Waals surface area contributed by atoms with Crippen LogP contribution < -0.4 is 5.73 Å². The highest BCUT2D eigenvalue weighted by molar-refractivity contribution is 5.74. The van der Waals surface area contributed by atoms with Crippen LogP contribution in [0.2, 0.25) is 0 Å². The summed E-state index contributed by atoms with van der Waals surface area (Å²) in [4.78, 5) is 9.57. The average molecular weight is 232 g/mol. The van der Waals surface area contributed by atoms with Crippen LogP contribution in [0.5, 0.6) is 0 Å². The molecule has 0 aliphatic carbocycles. The van der Waals surface area contributed by atoms with Crippen molar-refractivity contribution in [2.24, 2.45) is 5.73 Å². The Morgan fingerprint density at radius 1 is 1.41 bits per heavy atom. The molecule has 2 rings (SSSR count). The number of benzene rings is 1. The van der Waals surface area contributed by atoms with E-state index in [1.807, 2.05) is 19.9 Å². The van der Waals surface area contributed by atoms with Crippen molar-refractivity contribution in [3.8, 4) is 0 Å². The molecule has 1 aromatic heterocycles. The molecule has 0 saturated heterocycles. The highest BCUT2D eigenvalue weighted by atomic mass is 15.1. The first kappa shape index (κ1) is 12.1. The second-order valence-corrected chi connectivity index (χ2v) is 5.41. The molecule has 0 aliphatic rings. The fourth-order valence-corrected chi connectivity index (χ4v) is 2.14. The standard InChI is InChI=1S/C13H20N4/c1-13(2,14)8-17(3)7-10-4-5-11-12(6-10)16-9-15-11/h4-6,9H,7-8,14H2,1-3H3,(H,15,16). The molecule has 0 bridgehead atoms. The fourth-order valence-electron chi connectivity index (χ4n) is 2.14. The van der Waals surface area contributed by atoms with E-state index < -0.39 is 0 Å². The first-order chi connectivity index (χ1) is 7.94. The number of imidazole rings is 1. The summed E-state index contributed by atoms with van der Waals surface area (Å²) in [6.45, 7) is 5.85. The third kappa shape index (κ3) is 3.28. The molecular formula is C13H20N4. The van der Waals surface area contributed by atoms with E-state index in [2.05, 4.69) is 34.0 Å². The summed E-state index contributed by atoms with van der Waals surface area (Å²) in [7, 11) is 2.09. The lowest BCUT2D eigenvalue weighted by Gasteiger charge is -2.26. The number of nitrogens with two attached hydrogens (primary N) is 1. The molecule has 1 heterocycles. The number of H-pyrrole nitrogens is 1. The van der Waals surface area contributed by atoms with Gasteiger partial charge in [0, 0.05) is 18.6 Å². The normalized spacial score (nSPS) is 12.5. The van der Waals surface area contributed by atoms with E-state index >= 15 is 0 Å². The molecule has 17 heavy (non-hydrogen) atoms. The lowest BCUT2D eigenvalue weighted by atomic mass is 10.1. The number of aromatic amines is 1. The molecule has 0 amide bonds. The average Bonchev–Trinajstić information content (AvgIpc) is 2.61. The van der Waals surface area contributed by atoms with Crippen LogP contribution in [-0.2, 0) is 6.54 Å². The Morgan fingerprint density at radius 3 is 2.88 bits per heavy atom. The van der Waals surface area contributed by atoms with Gasteiger partial charge in [-0.3, -0.25) is 0 Å². The Hall–Kier alpha value is -1.39. The number of nitrogens with zero attached hydrogens (tertiary/aromatic N) is 2. The molecule has 0 fully saturated rings. The van der Waals surface area contributed by atoms with Gasteiger partial charge in [-0.1, -0.05) is 6.07 Å². The van der Waals surface area contributed by atoms with Gasteiger partial charge in [-0.2, -0.15) is 0 Å². The van der Waals surface area contributed by atoms with E-state index in [4.69, 9.17) is 5.73 Å². The van der Waals surface area contributed by atoms with Crippen molar-refractivity contribution in [2.45, 2.75) is 25.9 Å². The Balaban J connectivity index is 2.07. The Labute approximate surface area is 102 Å². The maximum Gasteiger partial charge on any atom is 0.0931 e. The summed E-state index contributed by atoms with van der Waals surface area (Å²) < 4.78 is 0. The molecule has 2 aromatic rings. The molecule has 0 atom stereocenters. The zero-order valence-corrected chi connectivity index (χ0v) is 10.7. The van der Waals surface area contributed by atoms with E-state index in [0.29, 0.717) is 0 Å². The second kappa shape index (κ2) is 4.47. The number of fused-ring (bicyclic) bond motifs is 1. The van der Waals surface area contributed by atoms with Crippen LogP contribution in [0.3, 0.4) is 0 Å². The van der Waals surface area contributed by atoms with Crippen molar-refractivity contribution in [2.75, 3.05) is 13.6 Å². The summed E-state index contributed by atoms with van der Waals surface area (Å²) in [6, 6.07) is 6.30. The quantitative estimate of drug-likeness (QED) is 0.844. The minimum absolute atomic E-state index is 0.160. The molecule has 0 aliphatic heterocycles. The summed E-state index contributed by atoms with van der Waals surface area (Å²) in [5.41, 5.74) is 9.21. The van der Waals surface area contributed by atoms with Gasteiger partial charge in [0.2, 0.25) is 0 Å². The fraction of sp³-hybridized carbons (Fsp3) is 0.462. The van der Waals surface area contributed by atoms with Crippen molar-refractivity contribution in [1.29, 1.82) is 0 Å². The third-order valence-corrected chi connectivity index (χ3v) is 2.61. The van der Waals surface area contributed by atoms with E-state index in [0.717, 1.165) is 24.1 Å². The van der Waals surface area contributed by atoms with Gasteiger partial charge >= 0.3 is 0 Å². The van der Waals surface area contributed by atoms with Crippen LogP contribution in [0, 0.1) is 0 Å². The molecule has 0 unspecified atom stereocenters. The lowest BCUT2D eigenvalue weighted by molar-refractivity contribution is 0.263. The van der Waals surface area contributed by atoms with Gasteiger partial charge in [0.05, 0.1) is 17.4 Å². The van der Waals surface area contributed by atoms with E-state index in [1.165, 1.54) is 5.56 Å². The molecule has 92 valence electrons. The maximum atomic E-state index is 6.01. The third-order valence-electron chi connectivity index (χ3n) is 2.61. The number of nitrogens with one attached hydrogen (secondary N) is 1. The van der Waals surface area contributed by atoms with Gasteiger partial charge < -0.3 is 15.6 Å². The molecule has 3 N–H and O–H groups in total. The van der Waals surface area contributed by atoms with Gasteiger partial charge in [-0.05, 0) is 38.6 Å². The smallest absolute Gasteiger partial charge is 0.0931 e. The van der Waals surface area contributed by atoms with E-state index in [9.17, 15) is 0 Å². The predicted octanol–water partition coefficient (Wildman–Crippen LogP) is 1.73. The monoisotopic (exact) mass is 232 g/mol. The van der Waals surface area contributed by atoms with Crippen molar-refractivity contribution in [3.63, 3.8) is 0 Å². The lowest BCUT2D eigenvalue weighted by Crippen LogP contribution is -2.43. The molecule has 0 spiro atoms. The minimum Gasteiger partial charge on any atom is -0.345 e. The van der Waals surface area contributed by atoms with Crippen molar-refractivity contribution >= 4 is 11.0 Å². The van der Waals surface area contributed by atoms with Crippen molar-refractivity contribution < 1.29 is 0 Å². The van der Waals surface area contributed by atoms with Gasteiger partial charge in [0.1, 0.15) is 0 Å². The van der Waals surface area contributed by atoms with Gasteiger partial charge in [-0.15, -0.1) is 0 Å². The van der Waals surface area contributed by atoms with Gasteiger partial charge in [0.15, 0.2) is 0 Å². The molecule has 0 radical (unpaired) electrons. The molecule has 0 saturated carbocycles. The molecule has 1 aromatic carbocycles. The highest BCUT2D eigenvalue weighted by Crippen LogP contribution is 2.13. The van der Waals surface area contributed by atoms with Crippen LogP contribution in [0.15, 0.2) is 24.5 Å². The SMILES string of the molecule is CN(Cc1ccc2nc[nH]c2c1)CC(C)(C)N. The highest BCUT2D eigenvalue weighted by Gasteiger charge is 2.14. The zero-order chi connectivity index (χ0) is 12.5. The van der Waals surface area contributed by atoms with Crippen LogP contribution in [0.4, 0.5) is 0 Å². The number of likely N-dealkylation sites (N-methyl/N-ethyl adjacent to an activating group) is 1. The van der Waals surface area contributed by atoms with E-state index in [1.54, 1.807) is 6.33 Å². The van der Waals surface area contributed by atoms with Crippen molar-refractivity contribution in [1.82, 2.24) is 14.9 Å². The number of rotatable bonds is 4. The number of hydrogen-bond donors (Lipinski definition) is 2. The topological polar surface area (TPSA) is 57.9 Å². The molecule has 4 nitrogen and oxygen atoms in total. The van der Waals surface area contributed by atoms with Crippen LogP contribution >= 0.6 is 0 Å². The van der Waals surface area contributed by atoms with Crippen LogP contribution in [0.25, 0.3) is 11.0 Å². The van der Waals surface area contributed by atoms with Crippen molar-refractivity contribution in [3.05, 3.63) is 30.1 Å². The van der Waals surface area contributed by atoms with Crippen LogP contribution in [0.1, 0.15) is 19.4 Å². The van der Waals surface area contributed by atoms with Crippen LogP contribution in [-0.4, -0.2) is 34.0 Å². The number of hydrogen-bond acceptors (Lipinski definition) is 3. The summed E-state index contributed by atoms with van der Waals surface area (Å²) in [5, 5.41) is 0. The largest absolute Gasteiger partial charge is 0.345 e. The zero-order valence-electron chi connectivity index (χ0n) is 10.7. The first-order valence-corrected chi connectivity index (χ1v) is 5.83.